The maximum Gasteiger partial charge on any atom is 0.119 e. The van der Waals surface area contributed by atoms with Gasteiger partial charge in [-0.25, -0.2) is 0 Å². The van der Waals surface area contributed by atoms with Gasteiger partial charge in [0.1, 0.15) is 24.7 Å². The van der Waals surface area contributed by atoms with Crippen molar-refractivity contribution in [2.24, 2.45) is 0 Å². The van der Waals surface area contributed by atoms with E-state index in [9.17, 15) is 0 Å². The van der Waals surface area contributed by atoms with E-state index in [1.54, 1.807) is 24.3 Å². The molecule has 0 saturated carbocycles. The number of hydrogen-bond acceptors (Lipinski definition) is 11. The van der Waals surface area contributed by atoms with E-state index in [4.69, 9.17) is 54.1 Å². The molecule has 2 aromatic carbocycles. The molecule has 0 bridgehead atoms. The van der Waals surface area contributed by atoms with Gasteiger partial charge in [-0.3, -0.25) is 0 Å². The Hall–Kier alpha value is -2.64. The fraction of sp³-hybridized carbons (Fsp3) is 0.571. The molecule has 2 aromatic rings. The quantitative estimate of drug-likeness (QED) is 0.132. The van der Waals surface area contributed by atoms with Crippen LogP contribution in [-0.4, -0.2) is 106 Å². The zero-order chi connectivity index (χ0) is 27.6. The Morgan fingerprint density at radius 1 is 0.308 bits per heavy atom. The molecule has 0 aromatic heterocycles. The molecule has 11 heteroatoms. The Kier molecular flexibility index (Phi) is 19.4. The zero-order valence-corrected chi connectivity index (χ0v) is 22.8. The molecule has 0 saturated heterocycles. The summed E-state index contributed by atoms with van der Waals surface area (Å²) in [6.07, 6.45) is 0. The molecule has 0 aliphatic carbocycles. The lowest BCUT2D eigenvalue weighted by atomic mass is 10.3. The van der Waals surface area contributed by atoms with Gasteiger partial charge < -0.3 is 54.1 Å². The highest BCUT2D eigenvalue weighted by molar-refractivity contribution is 5.42. The van der Waals surface area contributed by atoms with E-state index in [2.05, 4.69) is 0 Å². The minimum Gasteiger partial charge on any atom is -0.491 e. The molecule has 0 atom stereocenters. The van der Waals surface area contributed by atoms with Gasteiger partial charge in [-0.2, -0.15) is 0 Å². The van der Waals surface area contributed by atoms with E-state index in [1.807, 2.05) is 24.3 Å². The fourth-order valence-corrected chi connectivity index (χ4v) is 2.99. The van der Waals surface area contributed by atoms with E-state index in [0.717, 1.165) is 11.5 Å². The van der Waals surface area contributed by atoms with Crippen molar-refractivity contribution in [2.45, 2.75) is 0 Å². The molecule has 2 rings (SSSR count). The molecule has 11 nitrogen and oxygen atoms in total. The first-order valence-corrected chi connectivity index (χ1v) is 13.2. The Labute approximate surface area is 231 Å². The monoisotopic (exact) mass is 552 g/mol. The van der Waals surface area contributed by atoms with Crippen LogP contribution in [0.4, 0.5) is 11.4 Å². The van der Waals surface area contributed by atoms with Crippen LogP contribution in [0.15, 0.2) is 48.5 Å². The van der Waals surface area contributed by atoms with E-state index < -0.39 is 0 Å². The van der Waals surface area contributed by atoms with Crippen molar-refractivity contribution >= 4 is 11.4 Å². The highest BCUT2D eigenvalue weighted by Crippen LogP contribution is 2.13. The molecule has 0 aliphatic heterocycles. The third-order valence-corrected chi connectivity index (χ3v) is 4.99. The molecule has 0 radical (unpaired) electrons. The number of rotatable bonds is 26. The van der Waals surface area contributed by atoms with E-state index in [-0.39, 0.29) is 0 Å². The van der Waals surface area contributed by atoms with Crippen LogP contribution in [0, 0.1) is 0 Å². The summed E-state index contributed by atoms with van der Waals surface area (Å²) in [6.45, 7) is 8.07. The van der Waals surface area contributed by atoms with Gasteiger partial charge in [0.15, 0.2) is 0 Å². The third kappa shape index (κ3) is 19.1. The fourth-order valence-electron chi connectivity index (χ4n) is 2.99. The maximum atomic E-state index is 5.63. The average Bonchev–Trinajstić information content (AvgIpc) is 2.95. The normalized spacial score (nSPS) is 11.1. The van der Waals surface area contributed by atoms with Gasteiger partial charge in [0, 0.05) is 11.4 Å². The second-order valence-corrected chi connectivity index (χ2v) is 8.12. The first-order chi connectivity index (χ1) is 19.2. The van der Waals surface area contributed by atoms with E-state index in [1.165, 1.54) is 0 Å². The summed E-state index contributed by atoms with van der Waals surface area (Å²) in [7, 11) is 0. The van der Waals surface area contributed by atoms with Crippen LogP contribution in [0.2, 0.25) is 0 Å². The van der Waals surface area contributed by atoms with Crippen molar-refractivity contribution in [1.82, 2.24) is 0 Å². The Balaban J connectivity index is 1.18. The van der Waals surface area contributed by atoms with Crippen molar-refractivity contribution in [3.05, 3.63) is 48.5 Å². The summed E-state index contributed by atoms with van der Waals surface area (Å²) in [5, 5.41) is 0. The molecule has 0 heterocycles. The Morgan fingerprint density at radius 2 is 0.513 bits per heavy atom. The standard InChI is InChI=1S/C28H44N2O9/c29-25-1-5-27(6-2-25)38-23-21-36-19-17-34-15-13-32-11-9-31-10-12-33-14-16-35-18-20-37-22-24-39-28-7-3-26(30)4-8-28/h1-8H,9-24,29-30H2. The van der Waals surface area contributed by atoms with Crippen molar-refractivity contribution in [2.75, 3.05) is 117 Å². The molecule has 0 aliphatic rings. The molecule has 220 valence electrons. The van der Waals surface area contributed by atoms with Gasteiger partial charge in [0.05, 0.1) is 92.5 Å². The summed E-state index contributed by atoms with van der Waals surface area (Å²) in [5.41, 5.74) is 12.7. The van der Waals surface area contributed by atoms with Crippen LogP contribution in [0.1, 0.15) is 0 Å². The number of anilines is 2. The maximum absolute atomic E-state index is 5.63. The number of nitrogen functional groups attached to an aromatic ring is 2. The number of nitrogens with two attached hydrogens (primary N) is 2. The summed E-state index contributed by atoms with van der Waals surface area (Å²) in [5.74, 6) is 1.55. The molecule has 4 N–H and O–H groups in total. The van der Waals surface area contributed by atoms with Crippen LogP contribution >= 0.6 is 0 Å². The highest BCUT2D eigenvalue weighted by Gasteiger charge is 1.97. The second-order valence-electron chi connectivity index (χ2n) is 8.12. The van der Waals surface area contributed by atoms with Gasteiger partial charge in [0.2, 0.25) is 0 Å². The SMILES string of the molecule is Nc1ccc(OCCOCCOCCOCCOCCOCCOCCOCCOc2ccc(N)cc2)cc1. The van der Waals surface area contributed by atoms with Crippen LogP contribution in [0.25, 0.3) is 0 Å². The lowest BCUT2D eigenvalue weighted by Gasteiger charge is -2.09. The lowest BCUT2D eigenvalue weighted by molar-refractivity contribution is -0.0218. The van der Waals surface area contributed by atoms with Crippen molar-refractivity contribution in [3.63, 3.8) is 0 Å². The highest BCUT2D eigenvalue weighted by atomic mass is 16.6. The predicted octanol–water partition coefficient (Wildman–Crippen LogP) is 2.43. The minimum atomic E-state index is 0.478. The summed E-state index contributed by atoms with van der Waals surface area (Å²) < 4.78 is 49.3. The summed E-state index contributed by atoms with van der Waals surface area (Å²) in [6, 6.07) is 14.5. The topological polar surface area (TPSA) is 135 Å². The number of ether oxygens (including phenoxy) is 9. The first-order valence-electron chi connectivity index (χ1n) is 13.2. The van der Waals surface area contributed by atoms with E-state index >= 15 is 0 Å². The third-order valence-electron chi connectivity index (χ3n) is 4.99. The van der Waals surface area contributed by atoms with Gasteiger partial charge in [-0.05, 0) is 48.5 Å². The first kappa shape index (κ1) is 32.6. The van der Waals surface area contributed by atoms with Gasteiger partial charge >= 0.3 is 0 Å². The van der Waals surface area contributed by atoms with Gasteiger partial charge in [-0.15, -0.1) is 0 Å². The minimum absolute atomic E-state index is 0.478. The Bertz CT molecular complexity index is 742. The smallest absolute Gasteiger partial charge is 0.119 e. The zero-order valence-electron chi connectivity index (χ0n) is 22.8. The molecule has 39 heavy (non-hydrogen) atoms. The molecular formula is C28H44N2O9. The molecule has 0 spiro atoms. The van der Waals surface area contributed by atoms with E-state index in [0.29, 0.717) is 117 Å². The average molecular weight is 553 g/mol. The second kappa shape index (κ2) is 23.3. The largest absolute Gasteiger partial charge is 0.491 e. The van der Waals surface area contributed by atoms with Gasteiger partial charge in [-0.1, -0.05) is 0 Å². The van der Waals surface area contributed by atoms with Crippen LogP contribution < -0.4 is 20.9 Å². The molecular weight excluding hydrogens is 508 g/mol. The molecule has 0 amide bonds. The Morgan fingerprint density at radius 3 is 0.744 bits per heavy atom. The molecule has 0 fully saturated rings. The lowest BCUT2D eigenvalue weighted by Crippen LogP contribution is -2.15. The van der Waals surface area contributed by atoms with Crippen molar-refractivity contribution < 1.29 is 42.6 Å². The number of hydrogen-bond donors (Lipinski definition) is 2. The van der Waals surface area contributed by atoms with Crippen LogP contribution in [0.5, 0.6) is 11.5 Å². The van der Waals surface area contributed by atoms with Crippen LogP contribution in [-0.2, 0) is 33.2 Å². The molecule has 0 unspecified atom stereocenters. The van der Waals surface area contributed by atoms with Gasteiger partial charge in [0.25, 0.3) is 0 Å². The van der Waals surface area contributed by atoms with Crippen molar-refractivity contribution in [3.8, 4) is 11.5 Å². The van der Waals surface area contributed by atoms with Crippen LogP contribution in [0.3, 0.4) is 0 Å². The van der Waals surface area contributed by atoms with Crippen molar-refractivity contribution in [1.29, 1.82) is 0 Å². The summed E-state index contributed by atoms with van der Waals surface area (Å²) in [4.78, 5) is 0. The number of benzene rings is 2. The predicted molar refractivity (Wildman–Crippen MR) is 148 cm³/mol. The summed E-state index contributed by atoms with van der Waals surface area (Å²) >= 11 is 0.